The summed E-state index contributed by atoms with van der Waals surface area (Å²) in [6.45, 7) is 4.00. The lowest BCUT2D eigenvalue weighted by atomic mass is 10.4. The van der Waals surface area contributed by atoms with Gasteiger partial charge in [-0.2, -0.15) is 0 Å². The van der Waals surface area contributed by atoms with E-state index >= 15 is 0 Å². The van der Waals surface area contributed by atoms with Gasteiger partial charge in [-0.25, -0.2) is 18.7 Å². The molecule has 92 valence electrons. The molecule has 2 heterocycles. The highest BCUT2D eigenvalue weighted by atomic mass is 19.3. The van der Waals surface area contributed by atoms with Gasteiger partial charge in [-0.3, -0.25) is 9.81 Å². The highest BCUT2D eigenvalue weighted by molar-refractivity contribution is 5.93. The van der Waals surface area contributed by atoms with E-state index in [2.05, 4.69) is 9.97 Å². The molecule has 0 amide bonds. The molecule has 0 bridgehead atoms. The number of hydrogen-bond acceptors (Lipinski definition) is 3. The van der Waals surface area contributed by atoms with Gasteiger partial charge in [-0.1, -0.05) is 13.8 Å². The van der Waals surface area contributed by atoms with Crippen LogP contribution in [0.25, 0.3) is 5.65 Å². The number of rotatable bonds is 2. The van der Waals surface area contributed by atoms with E-state index in [9.17, 15) is 8.78 Å². The number of hydrogen-bond donors (Lipinski definition) is 2. The number of imidazole rings is 1. The van der Waals surface area contributed by atoms with Crippen LogP contribution >= 0.6 is 0 Å². The molecular formula is C10H13F2N5. The summed E-state index contributed by atoms with van der Waals surface area (Å²) in [5, 5.41) is 7.22. The van der Waals surface area contributed by atoms with Crippen LogP contribution in [0.2, 0.25) is 0 Å². The van der Waals surface area contributed by atoms with Crippen molar-refractivity contribution < 1.29 is 8.78 Å². The molecule has 3 N–H and O–H groups in total. The third kappa shape index (κ3) is 2.55. The molecule has 0 atom stereocenters. The Labute approximate surface area is 96.8 Å². The number of nitrogen functional groups attached to an aromatic ring is 1. The van der Waals surface area contributed by atoms with Crippen molar-refractivity contribution in [3.63, 3.8) is 0 Å². The van der Waals surface area contributed by atoms with Gasteiger partial charge in [0.1, 0.15) is 17.2 Å². The second-order valence-corrected chi connectivity index (χ2v) is 2.90. The SMILES string of the molecule is CC.N=C(N)c1cnc2cnc(C(F)F)cn12. The number of nitrogens with two attached hydrogens (primary N) is 1. The van der Waals surface area contributed by atoms with Crippen LogP contribution in [0.15, 0.2) is 18.6 Å². The topological polar surface area (TPSA) is 80.1 Å². The van der Waals surface area contributed by atoms with E-state index in [1.165, 1.54) is 16.8 Å². The summed E-state index contributed by atoms with van der Waals surface area (Å²) in [4.78, 5) is 7.41. The number of halogens is 2. The van der Waals surface area contributed by atoms with Gasteiger partial charge in [0.15, 0.2) is 5.65 Å². The Balaban J connectivity index is 0.000000686. The van der Waals surface area contributed by atoms with Gasteiger partial charge in [-0.05, 0) is 0 Å². The fraction of sp³-hybridized carbons (Fsp3) is 0.300. The Morgan fingerprint density at radius 3 is 2.53 bits per heavy atom. The van der Waals surface area contributed by atoms with Crippen LogP contribution in [0, 0.1) is 5.41 Å². The summed E-state index contributed by atoms with van der Waals surface area (Å²) >= 11 is 0. The zero-order valence-electron chi connectivity index (χ0n) is 9.48. The molecule has 2 aromatic rings. The maximum atomic E-state index is 12.4. The van der Waals surface area contributed by atoms with Crippen LogP contribution in [-0.2, 0) is 0 Å². The van der Waals surface area contributed by atoms with E-state index in [0.717, 1.165) is 6.20 Å². The normalized spacial score (nSPS) is 10.2. The number of nitrogens with zero attached hydrogens (tertiary/aromatic N) is 3. The summed E-state index contributed by atoms with van der Waals surface area (Å²) in [7, 11) is 0. The molecule has 0 spiro atoms. The summed E-state index contributed by atoms with van der Waals surface area (Å²) in [5.74, 6) is -0.228. The molecule has 2 aromatic heterocycles. The van der Waals surface area contributed by atoms with E-state index in [0.29, 0.717) is 5.65 Å². The second-order valence-electron chi connectivity index (χ2n) is 2.90. The molecule has 5 nitrogen and oxygen atoms in total. The van der Waals surface area contributed by atoms with Crippen molar-refractivity contribution in [3.8, 4) is 0 Å². The Morgan fingerprint density at radius 2 is 2.00 bits per heavy atom. The van der Waals surface area contributed by atoms with Crippen LogP contribution in [0.5, 0.6) is 0 Å². The van der Waals surface area contributed by atoms with Crippen molar-refractivity contribution in [2.75, 3.05) is 0 Å². The third-order valence-electron chi connectivity index (χ3n) is 1.92. The minimum absolute atomic E-state index is 0.228. The lowest BCUT2D eigenvalue weighted by Gasteiger charge is -2.02. The maximum absolute atomic E-state index is 12.4. The molecule has 0 unspecified atom stereocenters. The second kappa shape index (κ2) is 5.33. The summed E-state index contributed by atoms with van der Waals surface area (Å²) in [6.07, 6.45) is 1.03. The number of fused-ring (bicyclic) bond motifs is 1. The lowest BCUT2D eigenvalue weighted by molar-refractivity contribution is 0.145. The average molecular weight is 241 g/mol. The van der Waals surface area contributed by atoms with Gasteiger partial charge in [0.25, 0.3) is 6.43 Å². The van der Waals surface area contributed by atoms with Crippen molar-refractivity contribution in [3.05, 3.63) is 30.0 Å². The monoisotopic (exact) mass is 241 g/mol. The zero-order chi connectivity index (χ0) is 13.0. The Hall–Kier alpha value is -2.05. The quantitative estimate of drug-likeness (QED) is 0.623. The molecule has 2 rings (SSSR count). The zero-order valence-corrected chi connectivity index (χ0v) is 9.48. The molecule has 7 heteroatoms. The molecule has 0 saturated carbocycles. The van der Waals surface area contributed by atoms with Gasteiger partial charge >= 0.3 is 0 Å². The molecule has 0 fully saturated rings. The number of amidine groups is 1. The largest absolute Gasteiger partial charge is 0.382 e. The van der Waals surface area contributed by atoms with E-state index < -0.39 is 6.43 Å². The molecule has 0 aliphatic heterocycles. The smallest absolute Gasteiger partial charge is 0.281 e. The predicted molar refractivity (Wildman–Crippen MR) is 60.3 cm³/mol. The Bertz CT molecular complexity index is 520. The van der Waals surface area contributed by atoms with Crippen LogP contribution in [0.4, 0.5) is 8.78 Å². The van der Waals surface area contributed by atoms with Crippen LogP contribution < -0.4 is 5.73 Å². The van der Waals surface area contributed by atoms with Crippen molar-refractivity contribution in [2.24, 2.45) is 5.73 Å². The van der Waals surface area contributed by atoms with Crippen LogP contribution in [-0.4, -0.2) is 20.2 Å². The standard InChI is InChI=1S/C8H7F2N5.C2H6/c9-7(10)4-3-15-5(8(11)12)1-14-6(15)2-13-4;1-2/h1-3,7H,(H3,11,12);1-2H3. The van der Waals surface area contributed by atoms with Gasteiger partial charge in [-0.15, -0.1) is 0 Å². The molecule has 0 radical (unpaired) electrons. The van der Waals surface area contributed by atoms with Crippen LogP contribution in [0.1, 0.15) is 31.7 Å². The number of alkyl halides is 2. The Kier molecular flexibility index (Phi) is 4.08. The summed E-state index contributed by atoms with van der Waals surface area (Å²) < 4.78 is 26.0. The number of aromatic nitrogens is 3. The van der Waals surface area contributed by atoms with Gasteiger partial charge in [0.2, 0.25) is 0 Å². The summed E-state index contributed by atoms with van der Waals surface area (Å²) in [5.41, 5.74) is 5.54. The average Bonchev–Trinajstić information content (AvgIpc) is 2.74. The molecule has 0 saturated heterocycles. The predicted octanol–water partition coefficient (Wildman–Crippen LogP) is 1.98. The third-order valence-corrected chi connectivity index (χ3v) is 1.92. The van der Waals surface area contributed by atoms with Gasteiger partial charge in [0.05, 0.1) is 12.4 Å². The van der Waals surface area contributed by atoms with Crippen molar-refractivity contribution in [1.82, 2.24) is 14.4 Å². The van der Waals surface area contributed by atoms with E-state index in [4.69, 9.17) is 11.1 Å². The molecule has 0 aromatic carbocycles. The van der Waals surface area contributed by atoms with Gasteiger partial charge < -0.3 is 5.73 Å². The first-order valence-corrected chi connectivity index (χ1v) is 5.05. The lowest BCUT2D eigenvalue weighted by Crippen LogP contribution is -2.14. The Morgan fingerprint density at radius 1 is 1.35 bits per heavy atom. The molecular weight excluding hydrogens is 228 g/mol. The van der Waals surface area contributed by atoms with E-state index in [-0.39, 0.29) is 17.2 Å². The summed E-state index contributed by atoms with van der Waals surface area (Å²) in [6, 6.07) is 0. The van der Waals surface area contributed by atoms with E-state index in [1.54, 1.807) is 0 Å². The molecule has 0 aliphatic rings. The van der Waals surface area contributed by atoms with Crippen molar-refractivity contribution in [1.29, 1.82) is 5.41 Å². The first-order valence-electron chi connectivity index (χ1n) is 5.05. The minimum atomic E-state index is -2.66. The van der Waals surface area contributed by atoms with E-state index in [1.807, 2.05) is 13.8 Å². The first-order chi connectivity index (χ1) is 8.09. The number of nitrogens with one attached hydrogen (secondary N) is 1. The highest BCUT2D eigenvalue weighted by Gasteiger charge is 2.12. The van der Waals surface area contributed by atoms with Crippen molar-refractivity contribution in [2.45, 2.75) is 20.3 Å². The van der Waals surface area contributed by atoms with Crippen LogP contribution in [0.3, 0.4) is 0 Å². The fourth-order valence-corrected chi connectivity index (χ4v) is 1.22. The maximum Gasteiger partial charge on any atom is 0.281 e. The van der Waals surface area contributed by atoms with Crippen molar-refractivity contribution >= 4 is 11.5 Å². The molecule has 17 heavy (non-hydrogen) atoms. The van der Waals surface area contributed by atoms with Gasteiger partial charge in [0, 0.05) is 6.20 Å². The first kappa shape index (κ1) is 13.0. The fourth-order valence-electron chi connectivity index (χ4n) is 1.22. The minimum Gasteiger partial charge on any atom is -0.382 e. The molecule has 0 aliphatic carbocycles. The highest BCUT2D eigenvalue weighted by Crippen LogP contribution is 2.16.